The van der Waals surface area contributed by atoms with Crippen molar-refractivity contribution in [1.82, 2.24) is 25.5 Å². The average Bonchev–Trinajstić information content (AvgIpc) is 3.03. The molecule has 2 aromatic heterocycles. The third-order valence-corrected chi connectivity index (χ3v) is 3.10. The van der Waals surface area contributed by atoms with Gasteiger partial charge in [0.15, 0.2) is 5.82 Å². The Kier molecular flexibility index (Phi) is 3.96. The van der Waals surface area contributed by atoms with Crippen molar-refractivity contribution in [2.75, 3.05) is 0 Å². The van der Waals surface area contributed by atoms with Gasteiger partial charge in [0, 0.05) is 17.8 Å². The number of pyridine rings is 1. The molecule has 2 heterocycles. The van der Waals surface area contributed by atoms with E-state index in [2.05, 4.69) is 25.5 Å². The first-order chi connectivity index (χ1) is 11.1. The summed E-state index contributed by atoms with van der Waals surface area (Å²) in [6.07, 6.45) is 1.34. The zero-order valence-corrected chi connectivity index (χ0v) is 11.8. The number of halogens is 1. The van der Waals surface area contributed by atoms with Gasteiger partial charge in [0.1, 0.15) is 11.6 Å². The number of hydrogen-bond acceptors (Lipinski definition) is 4. The molecule has 3 N–H and O–H groups in total. The minimum atomic E-state index is -0.346. The van der Waals surface area contributed by atoms with Crippen LogP contribution < -0.4 is 10.9 Å². The highest BCUT2D eigenvalue weighted by molar-refractivity contribution is 5.93. The van der Waals surface area contributed by atoms with E-state index in [0.29, 0.717) is 22.8 Å². The predicted molar refractivity (Wildman–Crippen MR) is 80.0 cm³/mol. The van der Waals surface area contributed by atoms with Gasteiger partial charge < -0.3 is 10.3 Å². The van der Waals surface area contributed by atoms with Crippen LogP contribution in [0.5, 0.6) is 0 Å². The van der Waals surface area contributed by atoms with Gasteiger partial charge in [-0.2, -0.15) is 5.10 Å². The third-order valence-electron chi connectivity index (χ3n) is 3.10. The first-order valence-corrected chi connectivity index (χ1v) is 6.76. The number of carbonyl (C=O) groups is 1. The van der Waals surface area contributed by atoms with Crippen molar-refractivity contribution in [3.05, 3.63) is 70.2 Å². The highest BCUT2D eigenvalue weighted by Crippen LogP contribution is 2.14. The van der Waals surface area contributed by atoms with Gasteiger partial charge >= 0.3 is 0 Å². The molecule has 0 saturated heterocycles. The minimum Gasteiger partial charge on any atom is -0.345 e. The Bertz CT molecular complexity index is 865. The Hall–Kier alpha value is -3.29. The number of nitrogens with zero attached hydrogens (tertiary/aromatic N) is 2. The lowest BCUT2D eigenvalue weighted by atomic mass is 10.2. The SMILES string of the molecule is O=C(NCc1nc(-c2ccc(F)cc2)n[nH]1)c1ccc(=O)[nH]c1. The quantitative estimate of drug-likeness (QED) is 0.674. The van der Waals surface area contributed by atoms with E-state index in [4.69, 9.17) is 0 Å². The Morgan fingerprint density at radius 3 is 2.65 bits per heavy atom. The molecule has 0 bridgehead atoms. The van der Waals surface area contributed by atoms with Gasteiger partial charge in [0.2, 0.25) is 5.56 Å². The second-order valence-electron chi connectivity index (χ2n) is 4.74. The largest absolute Gasteiger partial charge is 0.345 e. The molecule has 3 rings (SSSR count). The lowest BCUT2D eigenvalue weighted by Gasteiger charge is -2.02. The Balaban J connectivity index is 1.65. The molecule has 8 heteroatoms. The number of amides is 1. The molecule has 23 heavy (non-hydrogen) atoms. The molecule has 0 radical (unpaired) electrons. The van der Waals surface area contributed by atoms with Crippen LogP contribution in [0, 0.1) is 5.82 Å². The zero-order chi connectivity index (χ0) is 16.2. The van der Waals surface area contributed by atoms with Crippen LogP contribution >= 0.6 is 0 Å². The van der Waals surface area contributed by atoms with E-state index in [1.807, 2.05) is 0 Å². The number of rotatable bonds is 4. The number of aromatic nitrogens is 4. The van der Waals surface area contributed by atoms with Crippen LogP contribution in [0.15, 0.2) is 47.4 Å². The number of nitrogens with one attached hydrogen (secondary N) is 3. The number of benzene rings is 1. The summed E-state index contributed by atoms with van der Waals surface area (Å²) < 4.78 is 12.9. The molecule has 0 aliphatic heterocycles. The van der Waals surface area contributed by atoms with Crippen LogP contribution in [-0.2, 0) is 6.54 Å². The summed E-state index contributed by atoms with van der Waals surface area (Å²) in [5, 5.41) is 9.38. The second kappa shape index (κ2) is 6.22. The van der Waals surface area contributed by atoms with Gasteiger partial charge in [-0.05, 0) is 30.3 Å². The van der Waals surface area contributed by atoms with E-state index in [-0.39, 0.29) is 23.8 Å². The Morgan fingerprint density at radius 1 is 1.17 bits per heavy atom. The molecule has 0 saturated carbocycles. The summed E-state index contributed by atoms with van der Waals surface area (Å²) >= 11 is 0. The van der Waals surface area contributed by atoms with E-state index >= 15 is 0 Å². The summed E-state index contributed by atoms with van der Waals surface area (Å²) in [5.41, 5.74) is 0.726. The molecule has 0 aliphatic carbocycles. The highest BCUT2D eigenvalue weighted by Gasteiger charge is 2.09. The fraction of sp³-hybridized carbons (Fsp3) is 0.0667. The molecule has 0 aliphatic rings. The summed E-state index contributed by atoms with van der Waals surface area (Å²) in [4.78, 5) is 29.5. The van der Waals surface area contributed by atoms with Crippen molar-refractivity contribution in [3.63, 3.8) is 0 Å². The van der Waals surface area contributed by atoms with Crippen molar-refractivity contribution in [3.8, 4) is 11.4 Å². The van der Waals surface area contributed by atoms with Crippen LogP contribution in [0.25, 0.3) is 11.4 Å². The molecule has 3 aromatic rings. The first kappa shape index (κ1) is 14.6. The molecule has 0 fully saturated rings. The van der Waals surface area contributed by atoms with Gasteiger partial charge in [0.05, 0.1) is 12.1 Å². The number of H-pyrrole nitrogens is 2. The van der Waals surface area contributed by atoms with Crippen LogP contribution in [0.4, 0.5) is 4.39 Å². The normalized spacial score (nSPS) is 10.5. The summed E-state index contributed by atoms with van der Waals surface area (Å²) in [6.45, 7) is 0.145. The maximum atomic E-state index is 12.9. The summed E-state index contributed by atoms with van der Waals surface area (Å²) in [7, 11) is 0. The maximum Gasteiger partial charge on any atom is 0.253 e. The first-order valence-electron chi connectivity index (χ1n) is 6.76. The van der Waals surface area contributed by atoms with Crippen molar-refractivity contribution in [2.24, 2.45) is 0 Å². The Morgan fingerprint density at radius 2 is 1.96 bits per heavy atom. The lowest BCUT2D eigenvalue weighted by molar-refractivity contribution is 0.0949. The second-order valence-corrected chi connectivity index (χ2v) is 4.74. The van der Waals surface area contributed by atoms with Gasteiger partial charge in [-0.25, -0.2) is 9.37 Å². The van der Waals surface area contributed by atoms with Crippen LogP contribution in [0.1, 0.15) is 16.2 Å². The van der Waals surface area contributed by atoms with Crippen molar-refractivity contribution in [1.29, 1.82) is 0 Å². The third kappa shape index (κ3) is 3.49. The van der Waals surface area contributed by atoms with E-state index in [1.54, 1.807) is 12.1 Å². The fourth-order valence-corrected chi connectivity index (χ4v) is 1.92. The van der Waals surface area contributed by atoms with Crippen molar-refractivity contribution >= 4 is 5.91 Å². The van der Waals surface area contributed by atoms with Gasteiger partial charge in [-0.15, -0.1) is 0 Å². The molecule has 0 atom stereocenters. The molecule has 0 spiro atoms. The molecule has 1 aromatic carbocycles. The summed E-state index contributed by atoms with van der Waals surface area (Å²) in [6, 6.07) is 8.49. The molecule has 116 valence electrons. The molecular formula is C15H12FN5O2. The van der Waals surface area contributed by atoms with Gasteiger partial charge in [-0.1, -0.05) is 0 Å². The Labute approximate surface area is 129 Å². The highest BCUT2D eigenvalue weighted by atomic mass is 19.1. The van der Waals surface area contributed by atoms with Crippen LogP contribution in [0.3, 0.4) is 0 Å². The number of carbonyl (C=O) groups excluding carboxylic acids is 1. The fourth-order valence-electron chi connectivity index (χ4n) is 1.92. The van der Waals surface area contributed by atoms with E-state index in [0.717, 1.165) is 0 Å². The summed E-state index contributed by atoms with van der Waals surface area (Å²) in [5.74, 6) is 0.194. The van der Waals surface area contributed by atoms with Gasteiger partial charge in [0.25, 0.3) is 5.91 Å². The topological polar surface area (TPSA) is 104 Å². The van der Waals surface area contributed by atoms with Crippen molar-refractivity contribution in [2.45, 2.75) is 6.54 Å². The maximum absolute atomic E-state index is 12.9. The average molecular weight is 313 g/mol. The van der Waals surface area contributed by atoms with Crippen LogP contribution in [0.2, 0.25) is 0 Å². The molecule has 1 amide bonds. The van der Waals surface area contributed by atoms with E-state index in [9.17, 15) is 14.0 Å². The van der Waals surface area contributed by atoms with Gasteiger partial charge in [-0.3, -0.25) is 14.7 Å². The zero-order valence-electron chi connectivity index (χ0n) is 11.8. The smallest absolute Gasteiger partial charge is 0.253 e. The van der Waals surface area contributed by atoms with E-state index < -0.39 is 0 Å². The van der Waals surface area contributed by atoms with E-state index in [1.165, 1.54) is 30.5 Å². The minimum absolute atomic E-state index is 0.145. The monoisotopic (exact) mass is 313 g/mol. The van der Waals surface area contributed by atoms with Crippen molar-refractivity contribution < 1.29 is 9.18 Å². The predicted octanol–water partition coefficient (Wildman–Crippen LogP) is 1.23. The molecule has 0 unspecified atom stereocenters. The molecule has 7 nitrogen and oxygen atoms in total. The van der Waals surface area contributed by atoms with Crippen LogP contribution in [-0.4, -0.2) is 26.1 Å². The lowest BCUT2D eigenvalue weighted by Crippen LogP contribution is -2.24. The standard InChI is InChI=1S/C15H12FN5O2/c16-11-4-1-9(2-5-11)14-19-12(20-21-14)8-18-15(23)10-3-6-13(22)17-7-10/h1-7H,8H2,(H,17,22)(H,18,23)(H,19,20,21). The number of hydrogen-bond donors (Lipinski definition) is 3. The number of aromatic amines is 2. The molecular weight excluding hydrogens is 301 g/mol.